The Kier molecular flexibility index (Phi) is 3.91. The molecule has 2 nitrogen and oxygen atoms in total. The topological polar surface area (TPSA) is 38.9 Å². The first-order valence-electron chi connectivity index (χ1n) is 5.13. The van der Waals surface area contributed by atoms with Gasteiger partial charge in [0.25, 0.3) is 0 Å². The summed E-state index contributed by atoms with van der Waals surface area (Å²) in [6, 6.07) is 8.53. The van der Waals surface area contributed by atoms with E-state index in [0.717, 1.165) is 23.9 Å². The Labute approximate surface area is 116 Å². The Balaban J connectivity index is 2.33. The van der Waals surface area contributed by atoms with Crippen molar-refractivity contribution in [2.45, 2.75) is 16.1 Å². The normalized spacial score (nSPS) is 11.6. The van der Waals surface area contributed by atoms with E-state index in [2.05, 4.69) is 4.98 Å². The minimum atomic E-state index is -4.44. The number of pyridine rings is 1. The number of hydrogen-bond donors (Lipinski definition) is 1. The molecular weight excluding hydrogens is 297 g/mol. The number of benzene rings is 1. The summed E-state index contributed by atoms with van der Waals surface area (Å²) >= 11 is 6.88. The molecule has 0 bridgehead atoms. The fourth-order valence-corrected chi connectivity index (χ4v) is 2.56. The van der Waals surface area contributed by atoms with E-state index in [4.69, 9.17) is 17.3 Å². The van der Waals surface area contributed by atoms with Crippen LogP contribution in [0.2, 0.25) is 5.02 Å². The van der Waals surface area contributed by atoms with Crippen LogP contribution in [0.3, 0.4) is 0 Å². The zero-order valence-electron chi connectivity index (χ0n) is 9.41. The van der Waals surface area contributed by atoms with Crippen molar-refractivity contribution in [1.29, 1.82) is 0 Å². The summed E-state index contributed by atoms with van der Waals surface area (Å²) in [7, 11) is 0. The Morgan fingerprint density at radius 1 is 1.16 bits per heavy atom. The minimum absolute atomic E-state index is 0.167. The first kappa shape index (κ1) is 14.0. The van der Waals surface area contributed by atoms with Crippen LogP contribution in [-0.4, -0.2) is 4.98 Å². The molecule has 1 heterocycles. The lowest BCUT2D eigenvalue weighted by Gasteiger charge is -2.09. The molecule has 0 spiro atoms. The number of anilines is 1. The maximum atomic E-state index is 12.6. The minimum Gasteiger partial charge on any atom is -0.384 e. The number of alkyl halides is 3. The van der Waals surface area contributed by atoms with Gasteiger partial charge in [-0.25, -0.2) is 4.98 Å². The predicted molar refractivity (Wildman–Crippen MR) is 69.2 cm³/mol. The molecule has 1 aromatic heterocycles. The Hall–Kier alpha value is -1.40. The van der Waals surface area contributed by atoms with Crippen molar-refractivity contribution in [3.63, 3.8) is 0 Å². The fraction of sp³-hybridized carbons (Fsp3) is 0.0833. The summed E-state index contributed by atoms with van der Waals surface area (Å²) in [5.41, 5.74) is 4.57. The van der Waals surface area contributed by atoms with Crippen LogP contribution in [0.15, 0.2) is 46.3 Å². The Morgan fingerprint density at radius 2 is 1.89 bits per heavy atom. The summed E-state index contributed by atoms with van der Waals surface area (Å²) in [5.74, 6) is -0.167. The molecule has 2 aromatic rings. The third-order valence-corrected chi connectivity index (χ3v) is 3.31. The second kappa shape index (κ2) is 5.30. The molecule has 100 valence electrons. The van der Waals surface area contributed by atoms with Crippen LogP contribution in [0.5, 0.6) is 0 Å². The lowest BCUT2D eigenvalue weighted by molar-refractivity contribution is -0.137. The Bertz CT molecular complexity index is 602. The zero-order chi connectivity index (χ0) is 14.0. The monoisotopic (exact) mass is 304 g/mol. The lowest BCUT2D eigenvalue weighted by Crippen LogP contribution is -2.07. The predicted octanol–water partition coefficient (Wildman–Crippen LogP) is 4.49. The molecule has 0 saturated carbocycles. The third-order valence-electron chi connectivity index (χ3n) is 2.17. The fourth-order valence-electron chi connectivity index (χ4n) is 1.39. The van der Waals surface area contributed by atoms with E-state index in [0.29, 0.717) is 9.92 Å². The van der Waals surface area contributed by atoms with Crippen molar-refractivity contribution < 1.29 is 13.2 Å². The molecule has 0 saturated heterocycles. The van der Waals surface area contributed by atoms with E-state index < -0.39 is 11.7 Å². The number of nitrogens with zero attached hydrogens (tertiary/aromatic N) is 1. The highest BCUT2D eigenvalue weighted by atomic mass is 35.5. The van der Waals surface area contributed by atoms with Crippen molar-refractivity contribution in [1.82, 2.24) is 4.98 Å². The highest BCUT2D eigenvalue weighted by Crippen LogP contribution is 2.35. The highest BCUT2D eigenvalue weighted by Gasteiger charge is 2.31. The molecule has 0 aliphatic heterocycles. The molecule has 0 aliphatic rings. The van der Waals surface area contributed by atoms with Gasteiger partial charge in [0.15, 0.2) is 0 Å². The van der Waals surface area contributed by atoms with Gasteiger partial charge in [-0.3, -0.25) is 0 Å². The molecule has 2 N–H and O–H groups in total. The van der Waals surface area contributed by atoms with Crippen LogP contribution in [0.25, 0.3) is 0 Å². The molecule has 19 heavy (non-hydrogen) atoms. The van der Waals surface area contributed by atoms with Crippen molar-refractivity contribution in [3.05, 3.63) is 47.0 Å². The standard InChI is InChI=1S/C12H8ClF3N2S/c13-8-2-1-3-9(6-8)19-11-5-7(12(14,15)16)4-10(17)18-11/h1-6H,(H2,17,18). The van der Waals surface area contributed by atoms with Gasteiger partial charge in [0.2, 0.25) is 0 Å². The average molecular weight is 305 g/mol. The summed E-state index contributed by atoms with van der Waals surface area (Å²) in [5, 5.41) is 0.680. The number of nitrogen functional groups attached to an aromatic ring is 1. The summed E-state index contributed by atoms with van der Waals surface area (Å²) in [4.78, 5) is 4.56. The third kappa shape index (κ3) is 3.78. The maximum absolute atomic E-state index is 12.6. The summed E-state index contributed by atoms with van der Waals surface area (Å²) < 4.78 is 37.9. The van der Waals surface area contributed by atoms with E-state index in [1.54, 1.807) is 24.3 Å². The van der Waals surface area contributed by atoms with Gasteiger partial charge < -0.3 is 5.73 Å². The van der Waals surface area contributed by atoms with Gasteiger partial charge in [-0.05, 0) is 30.3 Å². The molecule has 0 atom stereocenters. The van der Waals surface area contributed by atoms with E-state index in [1.165, 1.54) is 0 Å². The van der Waals surface area contributed by atoms with E-state index in [9.17, 15) is 13.2 Å². The van der Waals surface area contributed by atoms with Crippen molar-refractivity contribution in [2.24, 2.45) is 0 Å². The number of hydrogen-bond acceptors (Lipinski definition) is 3. The van der Waals surface area contributed by atoms with Gasteiger partial charge in [0.05, 0.1) is 5.56 Å². The van der Waals surface area contributed by atoms with Gasteiger partial charge >= 0.3 is 6.18 Å². The Morgan fingerprint density at radius 3 is 2.53 bits per heavy atom. The van der Waals surface area contributed by atoms with Crippen LogP contribution < -0.4 is 5.73 Å². The van der Waals surface area contributed by atoms with Crippen molar-refractivity contribution in [3.8, 4) is 0 Å². The van der Waals surface area contributed by atoms with Gasteiger partial charge in [-0.1, -0.05) is 29.4 Å². The van der Waals surface area contributed by atoms with Crippen LogP contribution >= 0.6 is 23.4 Å². The number of halogens is 4. The van der Waals surface area contributed by atoms with E-state index in [-0.39, 0.29) is 10.8 Å². The lowest BCUT2D eigenvalue weighted by atomic mass is 10.2. The molecule has 0 fully saturated rings. The van der Waals surface area contributed by atoms with Gasteiger partial charge in [0.1, 0.15) is 10.8 Å². The molecule has 0 aliphatic carbocycles. The summed E-state index contributed by atoms with van der Waals surface area (Å²) in [6.07, 6.45) is -4.44. The molecule has 7 heteroatoms. The van der Waals surface area contributed by atoms with Gasteiger partial charge in [-0.15, -0.1) is 0 Å². The first-order valence-corrected chi connectivity index (χ1v) is 6.32. The van der Waals surface area contributed by atoms with Crippen molar-refractivity contribution >= 4 is 29.2 Å². The van der Waals surface area contributed by atoms with Gasteiger partial charge in [0, 0.05) is 9.92 Å². The smallest absolute Gasteiger partial charge is 0.384 e. The molecule has 0 amide bonds. The first-order chi connectivity index (χ1) is 8.84. The van der Waals surface area contributed by atoms with Crippen molar-refractivity contribution in [2.75, 3.05) is 5.73 Å². The largest absolute Gasteiger partial charge is 0.416 e. The number of nitrogens with two attached hydrogens (primary N) is 1. The maximum Gasteiger partial charge on any atom is 0.416 e. The summed E-state index contributed by atoms with van der Waals surface area (Å²) in [6.45, 7) is 0. The number of rotatable bonds is 2. The van der Waals surface area contributed by atoms with E-state index in [1.807, 2.05) is 0 Å². The number of aromatic nitrogens is 1. The SMILES string of the molecule is Nc1cc(C(F)(F)F)cc(Sc2cccc(Cl)c2)n1. The van der Waals surface area contributed by atoms with E-state index >= 15 is 0 Å². The molecule has 2 rings (SSSR count). The zero-order valence-corrected chi connectivity index (χ0v) is 11.0. The molecule has 0 radical (unpaired) electrons. The molecular formula is C12H8ClF3N2S. The van der Waals surface area contributed by atoms with Gasteiger partial charge in [-0.2, -0.15) is 13.2 Å². The van der Waals surface area contributed by atoms with Crippen LogP contribution in [-0.2, 0) is 6.18 Å². The quantitative estimate of drug-likeness (QED) is 0.888. The van der Waals surface area contributed by atoms with Crippen LogP contribution in [0, 0.1) is 0 Å². The highest BCUT2D eigenvalue weighted by molar-refractivity contribution is 7.99. The second-order valence-electron chi connectivity index (χ2n) is 3.68. The van der Waals surface area contributed by atoms with Crippen LogP contribution in [0.1, 0.15) is 5.56 Å². The van der Waals surface area contributed by atoms with Crippen LogP contribution in [0.4, 0.5) is 19.0 Å². The average Bonchev–Trinajstić information content (AvgIpc) is 2.26. The second-order valence-corrected chi connectivity index (χ2v) is 5.21. The molecule has 0 unspecified atom stereocenters. The molecule has 1 aromatic carbocycles.